The Balaban J connectivity index is 1.78. The van der Waals surface area contributed by atoms with Crippen molar-refractivity contribution in [2.24, 2.45) is 0 Å². The van der Waals surface area contributed by atoms with Gasteiger partial charge in [0.05, 0.1) is 23.7 Å². The van der Waals surface area contributed by atoms with Gasteiger partial charge < -0.3 is 9.47 Å². The number of benzene rings is 1. The molecule has 29 heavy (non-hydrogen) atoms. The maximum atomic E-state index is 12.0. The second-order valence-corrected chi connectivity index (χ2v) is 7.71. The van der Waals surface area contributed by atoms with E-state index in [4.69, 9.17) is 21.1 Å². The fourth-order valence-electron chi connectivity index (χ4n) is 4.04. The number of aromatic nitrogens is 4. The van der Waals surface area contributed by atoms with Crippen LogP contribution in [0, 0.1) is 6.92 Å². The van der Waals surface area contributed by atoms with E-state index < -0.39 is 5.97 Å². The first-order valence-electron chi connectivity index (χ1n) is 9.49. The molecular weight excluding hydrogens is 396 g/mol. The molecule has 9 heteroatoms. The number of carbonyl (C=O) groups is 2. The number of ether oxygens (including phenoxy) is 2. The number of fused-ring (bicyclic) bond motifs is 3. The van der Waals surface area contributed by atoms with Crippen LogP contribution in [0.5, 0.6) is 0 Å². The Morgan fingerprint density at radius 3 is 2.55 bits per heavy atom. The number of methoxy groups -OCH3 is 1. The van der Waals surface area contributed by atoms with Crippen molar-refractivity contribution < 1.29 is 19.1 Å². The molecule has 0 radical (unpaired) electrons. The summed E-state index contributed by atoms with van der Waals surface area (Å²) in [4.78, 5) is 27.7. The second-order valence-electron chi connectivity index (χ2n) is 7.35. The van der Waals surface area contributed by atoms with Crippen LogP contribution in [0.15, 0.2) is 12.1 Å². The number of halogens is 1. The molecule has 2 heterocycles. The van der Waals surface area contributed by atoms with Crippen LogP contribution in [0.2, 0.25) is 5.15 Å². The quantitative estimate of drug-likeness (QED) is 0.601. The highest BCUT2D eigenvalue weighted by Gasteiger charge is 2.28. The summed E-state index contributed by atoms with van der Waals surface area (Å²) < 4.78 is 12.1. The third kappa shape index (κ3) is 3.53. The van der Waals surface area contributed by atoms with Crippen LogP contribution in [-0.2, 0) is 14.3 Å². The number of rotatable bonds is 3. The molecule has 1 fully saturated rings. The second kappa shape index (κ2) is 7.59. The minimum absolute atomic E-state index is 0.0465. The van der Waals surface area contributed by atoms with Crippen LogP contribution in [0.25, 0.3) is 16.7 Å². The molecule has 0 aliphatic heterocycles. The van der Waals surface area contributed by atoms with Crippen LogP contribution < -0.4 is 0 Å². The number of esters is 2. The Bertz CT molecular complexity index is 1120. The first-order valence-corrected chi connectivity index (χ1v) is 9.87. The van der Waals surface area contributed by atoms with Crippen molar-refractivity contribution in [1.29, 1.82) is 0 Å². The van der Waals surface area contributed by atoms with Gasteiger partial charge >= 0.3 is 11.9 Å². The molecule has 1 aromatic carbocycles. The third-order valence-corrected chi connectivity index (χ3v) is 5.68. The number of aryl methyl sites for hydroxylation is 1. The van der Waals surface area contributed by atoms with E-state index in [2.05, 4.69) is 15.2 Å². The van der Waals surface area contributed by atoms with Crippen molar-refractivity contribution in [1.82, 2.24) is 19.6 Å². The first-order chi connectivity index (χ1) is 13.9. The van der Waals surface area contributed by atoms with E-state index in [-0.39, 0.29) is 23.1 Å². The predicted molar refractivity (Wildman–Crippen MR) is 106 cm³/mol. The molecule has 4 rings (SSSR count). The minimum Gasteiger partial charge on any atom is -0.465 e. The van der Waals surface area contributed by atoms with Gasteiger partial charge in [0.2, 0.25) is 0 Å². The molecule has 0 spiro atoms. The Kier molecular flexibility index (Phi) is 5.12. The molecule has 8 nitrogen and oxygen atoms in total. The summed E-state index contributed by atoms with van der Waals surface area (Å²) in [7, 11) is 1.35. The van der Waals surface area contributed by atoms with Gasteiger partial charge in [0, 0.05) is 12.8 Å². The normalized spacial score (nSPS) is 19.4. The summed E-state index contributed by atoms with van der Waals surface area (Å²) in [6, 6.07) is 3.57. The van der Waals surface area contributed by atoms with Gasteiger partial charge in [-0.1, -0.05) is 11.6 Å². The van der Waals surface area contributed by atoms with Gasteiger partial charge in [-0.15, -0.1) is 10.2 Å². The SMILES string of the molecule is COC(=O)c1cc2nc(Cl)c3nnc([C@H]4CC[C@@H](OC(C)=O)CC4)n3c2cc1C. The average Bonchev–Trinajstić information content (AvgIpc) is 3.14. The van der Waals surface area contributed by atoms with E-state index in [0.717, 1.165) is 42.6 Å². The van der Waals surface area contributed by atoms with Gasteiger partial charge in [-0.25, -0.2) is 9.78 Å². The standard InChI is InChI=1S/C20H21ClN4O4/c1-10-8-16-15(9-14(10)20(27)28-3)22-17(21)19-24-23-18(25(16)19)12-4-6-13(7-5-12)29-11(2)26/h8-9,12-13H,4-7H2,1-3H3/t12-,13+. The van der Waals surface area contributed by atoms with Gasteiger partial charge in [-0.3, -0.25) is 9.20 Å². The molecule has 0 bridgehead atoms. The van der Waals surface area contributed by atoms with E-state index in [9.17, 15) is 9.59 Å². The Morgan fingerprint density at radius 2 is 1.90 bits per heavy atom. The van der Waals surface area contributed by atoms with Crippen LogP contribution in [0.4, 0.5) is 0 Å². The summed E-state index contributed by atoms with van der Waals surface area (Å²) in [5.74, 6) is 0.303. The molecule has 1 saturated carbocycles. The van der Waals surface area contributed by atoms with Gasteiger partial charge in [0.25, 0.3) is 0 Å². The van der Waals surface area contributed by atoms with Crippen LogP contribution in [0.3, 0.4) is 0 Å². The first kappa shape index (κ1) is 19.6. The summed E-state index contributed by atoms with van der Waals surface area (Å²) in [5, 5.41) is 8.89. The van der Waals surface area contributed by atoms with Crippen molar-refractivity contribution in [3.8, 4) is 0 Å². The van der Waals surface area contributed by atoms with Crippen molar-refractivity contribution in [3.05, 3.63) is 34.2 Å². The van der Waals surface area contributed by atoms with E-state index in [1.54, 1.807) is 6.07 Å². The van der Waals surface area contributed by atoms with E-state index in [0.29, 0.717) is 16.7 Å². The molecule has 0 unspecified atom stereocenters. The van der Waals surface area contributed by atoms with Crippen molar-refractivity contribution >= 4 is 40.2 Å². The zero-order valence-corrected chi connectivity index (χ0v) is 17.2. The third-order valence-electron chi connectivity index (χ3n) is 5.43. The number of nitrogens with zero attached hydrogens (tertiary/aromatic N) is 4. The molecule has 1 aliphatic rings. The van der Waals surface area contributed by atoms with Gasteiger partial charge in [-0.05, 0) is 50.3 Å². The highest BCUT2D eigenvalue weighted by Crippen LogP contribution is 2.35. The lowest BCUT2D eigenvalue weighted by Crippen LogP contribution is -2.23. The number of carbonyl (C=O) groups excluding carboxylic acids is 2. The summed E-state index contributed by atoms with van der Waals surface area (Å²) in [6.07, 6.45) is 3.18. The summed E-state index contributed by atoms with van der Waals surface area (Å²) >= 11 is 6.37. The average molecular weight is 417 g/mol. The zero-order chi connectivity index (χ0) is 20.7. The van der Waals surface area contributed by atoms with Crippen molar-refractivity contribution in [3.63, 3.8) is 0 Å². The molecule has 0 N–H and O–H groups in total. The van der Waals surface area contributed by atoms with Gasteiger partial charge in [0.1, 0.15) is 11.9 Å². The molecule has 0 amide bonds. The van der Waals surface area contributed by atoms with E-state index in [1.807, 2.05) is 17.4 Å². The molecule has 2 aromatic heterocycles. The lowest BCUT2D eigenvalue weighted by Gasteiger charge is -2.27. The highest BCUT2D eigenvalue weighted by molar-refractivity contribution is 6.32. The maximum Gasteiger partial charge on any atom is 0.338 e. The molecule has 1 aliphatic carbocycles. The summed E-state index contributed by atoms with van der Waals surface area (Å²) in [5.41, 5.74) is 3.06. The monoisotopic (exact) mass is 416 g/mol. The lowest BCUT2D eigenvalue weighted by molar-refractivity contribution is -0.147. The topological polar surface area (TPSA) is 95.7 Å². The Morgan fingerprint density at radius 1 is 1.17 bits per heavy atom. The lowest BCUT2D eigenvalue weighted by atomic mass is 9.86. The molecule has 3 aromatic rings. The van der Waals surface area contributed by atoms with E-state index >= 15 is 0 Å². The molecule has 0 saturated heterocycles. The minimum atomic E-state index is -0.421. The smallest absolute Gasteiger partial charge is 0.338 e. The van der Waals surface area contributed by atoms with Crippen LogP contribution in [-0.4, -0.2) is 44.7 Å². The highest BCUT2D eigenvalue weighted by atomic mass is 35.5. The Labute approximate surface area is 172 Å². The molecular formula is C20H21ClN4O4. The zero-order valence-electron chi connectivity index (χ0n) is 16.4. The largest absolute Gasteiger partial charge is 0.465 e. The Hall–Kier alpha value is -2.74. The van der Waals surface area contributed by atoms with Crippen LogP contribution in [0.1, 0.15) is 60.3 Å². The van der Waals surface area contributed by atoms with Gasteiger partial charge in [0.15, 0.2) is 10.8 Å². The van der Waals surface area contributed by atoms with E-state index in [1.165, 1.54) is 14.0 Å². The maximum absolute atomic E-state index is 12.0. The number of hydrogen-bond acceptors (Lipinski definition) is 7. The van der Waals surface area contributed by atoms with Crippen LogP contribution >= 0.6 is 11.6 Å². The molecule has 0 atom stereocenters. The predicted octanol–water partition coefficient (Wildman–Crippen LogP) is 3.62. The molecule has 152 valence electrons. The van der Waals surface area contributed by atoms with Gasteiger partial charge in [-0.2, -0.15) is 0 Å². The number of hydrogen-bond donors (Lipinski definition) is 0. The van der Waals surface area contributed by atoms with Crippen molar-refractivity contribution in [2.45, 2.75) is 51.6 Å². The van der Waals surface area contributed by atoms with Crippen molar-refractivity contribution in [2.75, 3.05) is 7.11 Å². The fraction of sp³-hybridized carbons (Fsp3) is 0.450. The summed E-state index contributed by atoms with van der Waals surface area (Å²) in [6.45, 7) is 3.28. The fourth-order valence-corrected chi connectivity index (χ4v) is 4.25.